The summed E-state index contributed by atoms with van der Waals surface area (Å²) in [5, 5.41) is 14.7. The van der Waals surface area contributed by atoms with Gasteiger partial charge in [0.05, 0.1) is 6.54 Å². The zero-order chi connectivity index (χ0) is 37.3. The number of nitrogens with one attached hydrogen (secondary N) is 2. The van der Waals surface area contributed by atoms with Gasteiger partial charge in [-0.25, -0.2) is 0 Å². The predicted octanol–water partition coefficient (Wildman–Crippen LogP) is 12.6. The summed E-state index contributed by atoms with van der Waals surface area (Å²) in [6.45, 7) is 4.48. The number of carbonyl (C=O) groups excluding carboxylic acids is 2. The molecule has 0 radical (unpaired) electrons. The Morgan fingerprint density at radius 1 is 0.471 bits per heavy atom. The fourth-order valence-electron chi connectivity index (χ4n) is 6.15. The van der Waals surface area contributed by atoms with Crippen LogP contribution in [0.3, 0.4) is 0 Å². The van der Waals surface area contributed by atoms with Crippen molar-refractivity contribution in [2.75, 3.05) is 6.54 Å². The number of unbranched alkanes of at least 4 members (excludes halogenated alkanes) is 19. The van der Waals surface area contributed by atoms with E-state index in [1.54, 1.807) is 0 Å². The summed E-state index contributed by atoms with van der Waals surface area (Å²) < 4.78 is 0. The highest BCUT2D eigenvalue weighted by Gasteiger charge is 2.13. The van der Waals surface area contributed by atoms with Crippen LogP contribution in [0.15, 0.2) is 48.6 Å². The Bertz CT molecular complexity index is 875. The fraction of sp³-hybridized carbons (Fsp3) is 0.756. The molecule has 0 aromatic carbocycles. The number of rotatable bonds is 38. The first-order valence-corrected chi connectivity index (χ1v) is 21.4. The lowest BCUT2D eigenvalue weighted by molar-refractivity contribution is -0.137. The minimum absolute atomic E-state index is 0.0123. The number of aliphatic carboxylic acids is 1. The van der Waals surface area contributed by atoms with Gasteiger partial charge in [-0.1, -0.05) is 152 Å². The van der Waals surface area contributed by atoms with Crippen molar-refractivity contribution in [1.82, 2.24) is 10.6 Å². The van der Waals surface area contributed by atoms with Gasteiger partial charge in [-0.05, 0) is 89.9 Å². The van der Waals surface area contributed by atoms with Crippen LogP contribution >= 0.6 is 0 Å². The standard InChI is InChI=1S/C45H80N2O4/c1-3-5-7-9-11-13-15-17-19-21-23-25-27-29-31-33-37-42(47-44(49)41-46-43(48)39-35-36-40-45(50)51)38-34-32-30-28-26-24-22-20-18-16-14-12-10-8-6-4-2/h11-14,17-20,42H,3-10,15-16,21-41H2,1-2H3,(H,46,48)(H,47,49)(H,50,51)/b13-11-,14-12-,19-17-,20-18-. The predicted molar refractivity (Wildman–Crippen MR) is 219 cm³/mol. The Balaban J connectivity index is 4.26. The van der Waals surface area contributed by atoms with Crippen LogP contribution < -0.4 is 10.6 Å². The van der Waals surface area contributed by atoms with E-state index < -0.39 is 5.97 Å². The van der Waals surface area contributed by atoms with Crippen molar-refractivity contribution in [3.63, 3.8) is 0 Å². The minimum Gasteiger partial charge on any atom is -0.481 e. The van der Waals surface area contributed by atoms with Crippen LogP contribution in [-0.4, -0.2) is 35.5 Å². The maximum Gasteiger partial charge on any atom is 0.303 e. The van der Waals surface area contributed by atoms with E-state index >= 15 is 0 Å². The molecule has 0 saturated heterocycles. The van der Waals surface area contributed by atoms with Crippen LogP contribution in [0.5, 0.6) is 0 Å². The molecule has 3 N–H and O–H groups in total. The molecule has 0 aliphatic carbocycles. The molecule has 0 atom stereocenters. The maximum absolute atomic E-state index is 12.7. The van der Waals surface area contributed by atoms with E-state index in [4.69, 9.17) is 5.11 Å². The Kier molecular flexibility index (Phi) is 38.1. The van der Waals surface area contributed by atoms with E-state index in [1.165, 1.54) is 128 Å². The fourth-order valence-corrected chi connectivity index (χ4v) is 6.15. The topological polar surface area (TPSA) is 95.5 Å². The highest BCUT2D eigenvalue weighted by Crippen LogP contribution is 2.15. The van der Waals surface area contributed by atoms with Crippen LogP contribution in [0, 0.1) is 0 Å². The molecule has 294 valence electrons. The average Bonchev–Trinajstić information content (AvgIpc) is 3.11. The molecule has 6 heteroatoms. The molecule has 0 aromatic rings. The van der Waals surface area contributed by atoms with Crippen molar-refractivity contribution in [2.24, 2.45) is 0 Å². The van der Waals surface area contributed by atoms with Crippen molar-refractivity contribution < 1.29 is 19.5 Å². The van der Waals surface area contributed by atoms with Crippen molar-refractivity contribution in [3.8, 4) is 0 Å². The summed E-state index contributed by atoms with van der Waals surface area (Å²) in [6, 6.07) is 0.154. The Morgan fingerprint density at radius 2 is 0.863 bits per heavy atom. The zero-order valence-corrected chi connectivity index (χ0v) is 33.3. The molecular formula is C45H80N2O4. The lowest BCUT2D eigenvalue weighted by Gasteiger charge is -2.19. The Hall–Kier alpha value is -2.63. The van der Waals surface area contributed by atoms with Gasteiger partial charge in [0, 0.05) is 18.9 Å². The summed E-state index contributed by atoms with van der Waals surface area (Å²) in [5.74, 6) is -1.17. The molecule has 0 aliphatic rings. The molecule has 51 heavy (non-hydrogen) atoms. The SMILES string of the molecule is CCCCC/C=C\C/C=C\CCCCCCCCC(CCCCCCCC/C=C\C/C=C\CCCCC)NC(=O)CNC(=O)CCCCC(=O)O. The first kappa shape index (κ1) is 48.4. The van der Waals surface area contributed by atoms with Gasteiger partial charge in [0.2, 0.25) is 11.8 Å². The molecule has 0 unspecified atom stereocenters. The monoisotopic (exact) mass is 713 g/mol. The summed E-state index contributed by atoms with van der Waals surface area (Å²) >= 11 is 0. The van der Waals surface area contributed by atoms with Gasteiger partial charge in [0.1, 0.15) is 0 Å². The van der Waals surface area contributed by atoms with Crippen LogP contribution in [0.25, 0.3) is 0 Å². The third-order valence-electron chi connectivity index (χ3n) is 9.36. The summed E-state index contributed by atoms with van der Waals surface area (Å²) in [6.07, 6.45) is 51.2. The molecule has 2 amide bonds. The second kappa shape index (κ2) is 40.1. The minimum atomic E-state index is -0.847. The summed E-state index contributed by atoms with van der Waals surface area (Å²) in [7, 11) is 0. The second-order valence-corrected chi connectivity index (χ2v) is 14.4. The van der Waals surface area contributed by atoms with Gasteiger partial charge in [-0.3, -0.25) is 14.4 Å². The van der Waals surface area contributed by atoms with E-state index in [1.807, 2.05) is 0 Å². The number of hydrogen-bond donors (Lipinski definition) is 3. The molecule has 0 rings (SSSR count). The Morgan fingerprint density at radius 3 is 1.29 bits per heavy atom. The van der Waals surface area contributed by atoms with Gasteiger partial charge >= 0.3 is 5.97 Å². The normalized spacial score (nSPS) is 12.0. The molecule has 0 spiro atoms. The molecule has 6 nitrogen and oxygen atoms in total. The van der Waals surface area contributed by atoms with Gasteiger partial charge < -0.3 is 15.7 Å². The van der Waals surface area contributed by atoms with Crippen LogP contribution in [0.4, 0.5) is 0 Å². The highest BCUT2D eigenvalue weighted by atomic mass is 16.4. The number of amides is 2. The lowest BCUT2D eigenvalue weighted by atomic mass is 9.99. The van der Waals surface area contributed by atoms with Crippen LogP contribution in [0.2, 0.25) is 0 Å². The number of hydrogen-bond acceptors (Lipinski definition) is 3. The average molecular weight is 713 g/mol. The number of allylic oxidation sites excluding steroid dienone is 8. The molecule has 0 heterocycles. The van der Waals surface area contributed by atoms with Crippen molar-refractivity contribution in [2.45, 2.75) is 213 Å². The number of carbonyl (C=O) groups is 3. The summed E-state index contributed by atoms with van der Waals surface area (Å²) in [4.78, 5) is 35.5. The molecule has 0 bridgehead atoms. The largest absolute Gasteiger partial charge is 0.481 e. The van der Waals surface area contributed by atoms with Crippen molar-refractivity contribution in [1.29, 1.82) is 0 Å². The molecule has 0 saturated carbocycles. The van der Waals surface area contributed by atoms with E-state index in [0.717, 1.165) is 38.5 Å². The quantitative estimate of drug-likeness (QED) is 0.0438. The van der Waals surface area contributed by atoms with Crippen molar-refractivity contribution in [3.05, 3.63) is 48.6 Å². The molecule has 0 aromatic heterocycles. The third-order valence-corrected chi connectivity index (χ3v) is 9.36. The number of carboxylic acid groups (broad SMARTS) is 1. The van der Waals surface area contributed by atoms with E-state index in [0.29, 0.717) is 12.8 Å². The van der Waals surface area contributed by atoms with E-state index in [9.17, 15) is 14.4 Å². The molecular weight excluding hydrogens is 633 g/mol. The molecule has 0 aliphatic heterocycles. The zero-order valence-electron chi connectivity index (χ0n) is 33.3. The smallest absolute Gasteiger partial charge is 0.303 e. The van der Waals surface area contributed by atoms with Gasteiger partial charge in [0.15, 0.2) is 0 Å². The maximum atomic E-state index is 12.7. The highest BCUT2D eigenvalue weighted by molar-refractivity contribution is 5.84. The van der Waals surface area contributed by atoms with Gasteiger partial charge in [-0.2, -0.15) is 0 Å². The lowest BCUT2D eigenvalue weighted by Crippen LogP contribution is -2.42. The number of carboxylic acids is 1. The van der Waals surface area contributed by atoms with E-state index in [2.05, 4.69) is 73.1 Å². The van der Waals surface area contributed by atoms with Crippen LogP contribution in [-0.2, 0) is 14.4 Å². The third kappa shape index (κ3) is 40.0. The van der Waals surface area contributed by atoms with Crippen LogP contribution in [0.1, 0.15) is 206 Å². The molecule has 0 fully saturated rings. The van der Waals surface area contributed by atoms with Gasteiger partial charge in [0.25, 0.3) is 0 Å². The van der Waals surface area contributed by atoms with Crippen molar-refractivity contribution >= 4 is 17.8 Å². The summed E-state index contributed by atoms with van der Waals surface area (Å²) in [5.41, 5.74) is 0. The van der Waals surface area contributed by atoms with Gasteiger partial charge in [-0.15, -0.1) is 0 Å². The first-order valence-electron chi connectivity index (χ1n) is 21.4. The first-order chi connectivity index (χ1) is 25.0. The second-order valence-electron chi connectivity index (χ2n) is 14.4. The van der Waals surface area contributed by atoms with E-state index in [-0.39, 0.29) is 37.2 Å². The Labute approximate surface area is 314 Å².